The maximum Gasteiger partial charge on any atom is 0.248 e. The number of methoxy groups -OCH3 is 1. The molecule has 5 heteroatoms. The number of fused-ring (bicyclic) bond motifs is 2. The van der Waals surface area contributed by atoms with E-state index in [0.29, 0.717) is 17.4 Å². The lowest BCUT2D eigenvalue weighted by molar-refractivity contribution is -0.171. The quantitative estimate of drug-likeness (QED) is 0.851. The highest BCUT2D eigenvalue weighted by Gasteiger charge is 2.53. The second-order valence-electron chi connectivity index (χ2n) is 8.28. The third kappa shape index (κ3) is 3.28. The van der Waals surface area contributed by atoms with Crippen molar-refractivity contribution in [2.75, 3.05) is 26.7 Å². The van der Waals surface area contributed by atoms with E-state index in [0.717, 1.165) is 24.6 Å². The molecule has 2 bridgehead atoms. The van der Waals surface area contributed by atoms with Crippen LogP contribution in [-0.2, 0) is 10.3 Å². The molecule has 0 radical (unpaired) electrons. The van der Waals surface area contributed by atoms with Gasteiger partial charge < -0.3 is 15.4 Å². The molecule has 1 aliphatic heterocycles. The lowest BCUT2D eigenvalue weighted by atomic mass is 9.62. The first-order valence-corrected chi connectivity index (χ1v) is 9.81. The number of nitrogens with zero attached hydrogens (tertiary/aromatic N) is 1. The SMILES string of the molecule is CO[C@@]1(c2cccc(C(N)=O)c2)[C@@H]2CCC[C@H]1CN(CC1CCC1)C2.Cl. The highest BCUT2D eigenvalue weighted by Crippen LogP contribution is 2.51. The zero-order valence-corrected chi connectivity index (χ0v) is 16.5. The average Bonchev–Trinajstić information content (AvgIpc) is 2.57. The van der Waals surface area contributed by atoms with Gasteiger partial charge in [0.25, 0.3) is 0 Å². The van der Waals surface area contributed by atoms with Gasteiger partial charge in [0.1, 0.15) is 5.60 Å². The lowest BCUT2D eigenvalue weighted by Gasteiger charge is -2.56. The summed E-state index contributed by atoms with van der Waals surface area (Å²) in [5, 5.41) is 0. The molecule has 2 aliphatic carbocycles. The molecular formula is C21H31ClN2O2. The summed E-state index contributed by atoms with van der Waals surface area (Å²) >= 11 is 0. The molecule has 1 aromatic carbocycles. The number of rotatable bonds is 5. The van der Waals surface area contributed by atoms with Gasteiger partial charge in [0.05, 0.1) is 0 Å². The van der Waals surface area contributed by atoms with Crippen molar-refractivity contribution in [3.8, 4) is 0 Å². The Kier molecular flexibility index (Phi) is 5.95. The maximum absolute atomic E-state index is 11.7. The van der Waals surface area contributed by atoms with E-state index in [1.807, 2.05) is 19.2 Å². The van der Waals surface area contributed by atoms with Gasteiger partial charge in [0, 0.05) is 44.1 Å². The normalized spacial score (nSPS) is 31.7. The molecule has 1 heterocycles. The van der Waals surface area contributed by atoms with Crippen LogP contribution in [0, 0.1) is 17.8 Å². The number of carbonyl (C=O) groups is 1. The number of benzene rings is 1. The van der Waals surface area contributed by atoms with E-state index in [1.54, 1.807) is 6.07 Å². The summed E-state index contributed by atoms with van der Waals surface area (Å²) in [4.78, 5) is 14.3. The minimum Gasteiger partial charge on any atom is -0.373 e. The molecule has 1 saturated heterocycles. The molecule has 3 fully saturated rings. The molecule has 0 spiro atoms. The van der Waals surface area contributed by atoms with Gasteiger partial charge in [0.15, 0.2) is 0 Å². The number of likely N-dealkylation sites (tertiary alicyclic amines) is 1. The molecule has 144 valence electrons. The molecule has 0 aromatic heterocycles. The number of ether oxygens (including phenoxy) is 1. The van der Waals surface area contributed by atoms with Crippen molar-refractivity contribution < 1.29 is 9.53 Å². The third-order valence-corrected chi connectivity index (χ3v) is 6.95. The van der Waals surface area contributed by atoms with Crippen LogP contribution < -0.4 is 5.73 Å². The fourth-order valence-corrected chi connectivity index (χ4v) is 5.55. The van der Waals surface area contributed by atoms with E-state index in [1.165, 1.54) is 45.1 Å². The van der Waals surface area contributed by atoms with Crippen LogP contribution in [0.2, 0.25) is 0 Å². The van der Waals surface area contributed by atoms with Crippen LogP contribution in [0.3, 0.4) is 0 Å². The Balaban J connectivity index is 0.00000196. The highest BCUT2D eigenvalue weighted by molar-refractivity contribution is 5.92. The maximum atomic E-state index is 11.7. The Morgan fingerprint density at radius 3 is 2.38 bits per heavy atom. The van der Waals surface area contributed by atoms with Crippen LogP contribution >= 0.6 is 12.4 Å². The van der Waals surface area contributed by atoms with Gasteiger partial charge in [-0.05, 0) is 49.3 Å². The van der Waals surface area contributed by atoms with E-state index in [-0.39, 0.29) is 23.9 Å². The summed E-state index contributed by atoms with van der Waals surface area (Å²) in [6, 6.07) is 7.85. The molecule has 0 unspecified atom stereocenters. The zero-order valence-electron chi connectivity index (χ0n) is 15.7. The van der Waals surface area contributed by atoms with Gasteiger partial charge in [-0.2, -0.15) is 0 Å². The number of amides is 1. The number of hydrogen-bond donors (Lipinski definition) is 1. The Labute approximate surface area is 162 Å². The number of piperidine rings is 1. The van der Waals surface area contributed by atoms with Gasteiger partial charge in [0.2, 0.25) is 5.91 Å². The van der Waals surface area contributed by atoms with Gasteiger partial charge >= 0.3 is 0 Å². The Bertz CT molecular complexity index is 633. The number of halogens is 1. The van der Waals surface area contributed by atoms with Crippen molar-refractivity contribution in [2.24, 2.45) is 23.5 Å². The van der Waals surface area contributed by atoms with Crippen molar-refractivity contribution in [1.29, 1.82) is 0 Å². The van der Waals surface area contributed by atoms with Gasteiger partial charge in [-0.25, -0.2) is 0 Å². The molecule has 4 rings (SSSR count). The van der Waals surface area contributed by atoms with Crippen molar-refractivity contribution >= 4 is 18.3 Å². The monoisotopic (exact) mass is 378 g/mol. The van der Waals surface area contributed by atoms with Crippen molar-refractivity contribution in [3.63, 3.8) is 0 Å². The average molecular weight is 379 g/mol. The first kappa shape index (κ1) is 19.7. The second-order valence-corrected chi connectivity index (χ2v) is 8.28. The van der Waals surface area contributed by atoms with Crippen LogP contribution in [0.1, 0.15) is 54.4 Å². The van der Waals surface area contributed by atoms with Crippen LogP contribution in [0.5, 0.6) is 0 Å². The molecule has 2 N–H and O–H groups in total. The molecule has 3 aliphatic rings. The topological polar surface area (TPSA) is 55.6 Å². The van der Waals surface area contributed by atoms with Crippen molar-refractivity contribution in [1.82, 2.24) is 4.90 Å². The first-order chi connectivity index (χ1) is 12.1. The molecule has 1 amide bonds. The van der Waals surface area contributed by atoms with Gasteiger partial charge in [-0.1, -0.05) is 25.0 Å². The number of hydrogen-bond acceptors (Lipinski definition) is 3. The smallest absolute Gasteiger partial charge is 0.248 e. The molecular weight excluding hydrogens is 348 g/mol. The minimum atomic E-state index is -0.360. The first-order valence-electron chi connectivity index (χ1n) is 9.81. The Morgan fingerprint density at radius 1 is 1.19 bits per heavy atom. The molecule has 1 aromatic rings. The van der Waals surface area contributed by atoms with E-state index < -0.39 is 0 Å². The van der Waals surface area contributed by atoms with Crippen LogP contribution in [-0.4, -0.2) is 37.6 Å². The Hall–Kier alpha value is -1.10. The van der Waals surface area contributed by atoms with Gasteiger partial charge in [-0.15, -0.1) is 12.4 Å². The van der Waals surface area contributed by atoms with Crippen molar-refractivity contribution in [3.05, 3.63) is 35.4 Å². The molecule has 3 atom stereocenters. The number of primary amides is 1. The second kappa shape index (κ2) is 7.87. The van der Waals surface area contributed by atoms with E-state index in [9.17, 15) is 4.79 Å². The standard InChI is InChI=1S/C21H30N2O2.ClH/c1-25-21(17-8-3-7-16(11-17)20(22)24)18-9-4-10-19(21)14-23(13-18)12-15-5-2-6-15;/h3,7-8,11,15,18-19H,2,4-6,9-10,12-14H2,1H3,(H2,22,24);1H/t18-,19+,21+;. The predicted octanol–water partition coefficient (Wildman–Crippen LogP) is 3.58. The highest BCUT2D eigenvalue weighted by atomic mass is 35.5. The fourth-order valence-electron chi connectivity index (χ4n) is 5.55. The van der Waals surface area contributed by atoms with Crippen LogP contribution in [0.25, 0.3) is 0 Å². The van der Waals surface area contributed by atoms with E-state index in [2.05, 4.69) is 11.0 Å². The summed E-state index contributed by atoms with van der Waals surface area (Å²) < 4.78 is 6.28. The Morgan fingerprint density at radius 2 is 1.85 bits per heavy atom. The fraction of sp³-hybridized carbons (Fsp3) is 0.667. The van der Waals surface area contributed by atoms with Gasteiger partial charge in [-0.3, -0.25) is 4.79 Å². The number of carbonyl (C=O) groups excluding carboxylic acids is 1. The van der Waals surface area contributed by atoms with Crippen LogP contribution in [0.4, 0.5) is 0 Å². The van der Waals surface area contributed by atoms with Crippen LogP contribution in [0.15, 0.2) is 24.3 Å². The molecule has 26 heavy (non-hydrogen) atoms. The predicted molar refractivity (Wildman–Crippen MR) is 106 cm³/mol. The summed E-state index contributed by atoms with van der Waals surface area (Å²) in [5.41, 5.74) is 6.99. The van der Waals surface area contributed by atoms with E-state index >= 15 is 0 Å². The van der Waals surface area contributed by atoms with Crippen molar-refractivity contribution in [2.45, 2.75) is 44.1 Å². The summed E-state index contributed by atoms with van der Waals surface area (Å²) in [6.45, 7) is 3.48. The number of nitrogens with two attached hydrogens (primary N) is 1. The summed E-state index contributed by atoms with van der Waals surface area (Å²) in [6.07, 6.45) is 7.91. The molecule has 4 nitrogen and oxygen atoms in total. The summed E-state index contributed by atoms with van der Waals surface area (Å²) in [7, 11) is 1.85. The zero-order chi connectivity index (χ0) is 17.4. The van der Waals surface area contributed by atoms with E-state index in [4.69, 9.17) is 10.5 Å². The lowest BCUT2D eigenvalue weighted by Crippen LogP contribution is -2.59. The minimum absolute atomic E-state index is 0. The molecule has 2 saturated carbocycles. The summed E-state index contributed by atoms with van der Waals surface area (Å²) in [5.74, 6) is 1.54. The largest absolute Gasteiger partial charge is 0.373 e. The third-order valence-electron chi connectivity index (χ3n) is 6.95.